The fraction of sp³-hybridized carbons (Fsp3) is 0.889. The summed E-state index contributed by atoms with van der Waals surface area (Å²) in [6.07, 6.45) is -2.68. The summed E-state index contributed by atoms with van der Waals surface area (Å²) in [4.78, 5) is 3.94. The van der Waals surface area contributed by atoms with Crippen molar-refractivity contribution < 1.29 is 17.9 Å². The maximum atomic E-state index is 12.3. The van der Waals surface area contributed by atoms with Gasteiger partial charge in [-0.15, -0.1) is 0 Å². The van der Waals surface area contributed by atoms with Crippen LogP contribution in [0.5, 0.6) is 0 Å². The van der Waals surface area contributed by atoms with E-state index in [4.69, 9.17) is 4.74 Å². The first-order chi connectivity index (χ1) is 7.07. The van der Waals surface area contributed by atoms with Crippen LogP contribution in [0.3, 0.4) is 0 Å². The summed E-state index contributed by atoms with van der Waals surface area (Å²) in [6, 6.07) is -1.49. The molecule has 0 spiro atoms. The van der Waals surface area contributed by atoms with Crippen molar-refractivity contribution in [1.82, 2.24) is 5.32 Å². The molecule has 0 saturated carbocycles. The van der Waals surface area contributed by atoms with Crippen LogP contribution >= 0.6 is 0 Å². The highest BCUT2D eigenvalue weighted by Crippen LogP contribution is 2.25. The Morgan fingerprint density at radius 2 is 1.93 bits per heavy atom. The first-order valence-electron chi connectivity index (χ1n) is 5.02. The third-order valence-electron chi connectivity index (χ3n) is 2.77. The summed E-state index contributed by atoms with van der Waals surface area (Å²) in [5.74, 6) is 0.631. The Morgan fingerprint density at radius 1 is 1.27 bits per heavy atom. The summed E-state index contributed by atoms with van der Waals surface area (Å²) >= 11 is 0. The van der Waals surface area contributed by atoms with Crippen LogP contribution in [0, 0.1) is 5.92 Å². The Morgan fingerprint density at radius 3 is 2.47 bits per heavy atom. The van der Waals surface area contributed by atoms with E-state index in [1.807, 2.05) is 0 Å². The van der Waals surface area contributed by atoms with Crippen molar-refractivity contribution in [2.45, 2.75) is 25.1 Å². The smallest absolute Gasteiger partial charge is 0.381 e. The predicted octanol–water partition coefficient (Wildman–Crippen LogP) is 1.35. The van der Waals surface area contributed by atoms with Gasteiger partial charge in [0, 0.05) is 19.1 Å². The molecule has 1 N–H and O–H groups in total. The number of alkyl halides is 3. The second-order valence-electron chi connectivity index (χ2n) is 3.85. The molecule has 0 aromatic carbocycles. The Balaban J connectivity index is 1.91. The molecule has 15 heavy (non-hydrogen) atoms. The third-order valence-corrected chi connectivity index (χ3v) is 2.77. The Labute approximate surface area is 85.7 Å². The Kier molecular flexibility index (Phi) is 2.86. The number of amidine groups is 1. The van der Waals surface area contributed by atoms with Crippen LogP contribution in [0.25, 0.3) is 0 Å². The molecule has 2 rings (SSSR count). The van der Waals surface area contributed by atoms with E-state index in [0.717, 1.165) is 12.8 Å². The fourth-order valence-electron chi connectivity index (χ4n) is 1.86. The van der Waals surface area contributed by atoms with Crippen LogP contribution < -0.4 is 5.32 Å². The molecule has 3 nitrogen and oxygen atoms in total. The molecule has 2 heterocycles. The molecule has 6 heteroatoms. The molecule has 0 bridgehead atoms. The molecule has 2 aliphatic heterocycles. The monoisotopic (exact) mass is 222 g/mol. The van der Waals surface area contributed by atoms with Gasteiger partial charge < -0.3 is 10.1 Å². The van der Waals surface area contributed by atoms with E-state index in [1.165, 1.54) is 0 Å². The lowest BCUT2D eigenvalue weighted by Crippen LogP contribution is -2.45. The van der Waals surface area contributed by atoms with Crippen LogP contribution in [0.15, 0.2) is 4.99 Å². The zero-order valence-corrected chi connectivity index (χ0v) is 8.18. The first kappa shape index (κ1) is 10.7. The summed E-state index contributed by atoms with van der Waals surface area (Å²) in [6.45, 7) is 1.04. The number of ether oxygens (including phenoxy) is 1. The molecule has 0 radical (unpaired) electrons. The van der Waals surface area contributed by atoms with Crippen molar-refractivity contribution >= 4 is 5.84 Å². The van der Waals surface area contributed by atoms with E-state index in [9.17, 15) is 13.2 Å². The number of aliphatic imine (C=N–C) groups is 1. The molecule has 0 aromatic rings. The summed E-state index contributed by atoms with van der Waals surface area (Å²) < 4.78 is 42.2. The molecule has 1 fully saturated rings. The van der Waals surface area contributed by atoms with E-state index in [0.29, 0.717) is 19.0 Å². The lowest BCUT2D eigenvalue weighted by atomic mass is 9.99. The van der Waals surface area contributed by atoms with Crippen molar-refractivity contribution in [2.24, 2.45) is 10.9 Å². The number of nitrogens with zero attached hydrogens (tertiary/aromatic N) is 1. The average Bonchev–Trinajstić information content (AvgIpc) is 2.67. The standard InChI is InChI=1S/C9H13F3N2O/c10-9(11,12)7-5-13-8(14-7)6-1-3-15-4-2-6/h6-7H,1-5H2,(H,13,14). The average molecular weight is 222 g/mol. The van der Waals surface area contributed by atoms with E-state index >= 15 is 0 Å². The van der Waals surface area contributed by atoms with Crippen LogP contribution in [-0.2, 0) is 4.74 Å². The van der Waals surface area contributed by atoms with E-state index in [-0.39, 0.29) is 12.5 Å². The van der Waals surface area contributed by atoms with E-state index < -0.39 is 12.2 Å². The highest BCUT2D eigenvalue weighted by atomic mass is 19.4. The number of nitrogens with one attached hydrogen (secondary N) is 1. The van der Waals surface area contributed by atoms with Gasteiger partial charge in [0.15, 0.2) is 0 Å². The lowest BCUT2D eigenvalue weighted by molar-refractivity contribution is -0.148. The zero-order valence-electron chi connectivity index (χ0n) is 8.18. The normalized spacial score (nSPS) is 28.7. The molecule has 0 aromatic heterocycles. The zero-order chi connectivity index (χ0) is 10.9. The van der Waals surface area contributed by atoms with Crippen molar-refractivity contribution in [3.05, 3.63) is 0 Å². The maximum Gasteiger partial charge on any atom is 0.410 e. The quantitative estimate of drug-likeness (QED) is 0.726. The first-order valence-corrected chi connectivity index (χ1v) is 5.02. The Bertz CT molecular complexity index is 259. The molecule has 1 atom stereocenters. The van der Waals surface area contributed by atoms with Crippen molar-refractivity contribution in [2.75, 3.05) is 19.8 Å². The minimum atomic E-state index is -4.20. The number of hydrogen-bond acceptors (Lipinski definition) is 3. The summed E-state index contributed by atoms with van der Waals surface area (Å²) in [5, 5.41) is 2.47. The summed E-state index contributed by atoms with van der Waals surface area (Å²) in [7, 11) is 0. The maximum absolute atomic E-state index is 12.3. The Hall–Kier alpha value is -0.780. The minimum absolute atomic E-state index is 0.117. The molecule has 0 amide bonds. The number of rotatable bonds is 1. The second-order valence-corrected chi connectivity index (χ2v) is 3.85. The second kappa shape index (κ2) is 4.00. The van der Waals surface area contributed by atoms with Gasteiger partial charge in [-0.05, 0) is 12.8 Å². The van der Waals surface area contributed by atoms with Crippen molar-refractivity contribution in [3.8, 4) is 0 Å². The molecule has 1 saturated heterocycles. The minimum Gasteiger partial charge on any atom is -0.381 e. The largest absolute Gasteiger partial charge is 0.410 e. The lowest BCUT2D eigenvalue weighted by Gasteiger charge is -2.23. The van der Waals surface area contributed by atoms with Crippen LogP contribution in [0.1, 0.15) is 12.8 Å². The third kappa shape index (κ3) is 2.42. The van der Waals surface area contributed by atoms with E-state index in [2.05, 4.69) is 10.3 Å². The van der Waals surface area contributed by atoms with E-state index in [1.54, 1.807) is 0 Å². The number of hydrogen-bond donors (Lipinski definition) is 1. The van der Waals surface area contributed by atoms with Crippen LogP contribution in [0.2, 0.25) is 0 Å². The van der Waals surface area contributed by atoms with Crippen molar-refractivity contribution in [1.29, 1.82) is 0 Å². The van der Waals surface area contributed by atoms with Gasteiger partial charge in [0.2, 0.25) is 0 Å². The van der Waals surface area contributed by atoms with Gasteiger partial charge in [0.05, 0.1) is 6.54 Å². The van der Waals surface area contributed by atoms with Gasteiger partial charge in [0.1, 0.15) is 11.9 Å². The highest BCUT2D eigenvalue weighted by Gasteiger charge is 2.43. The summed E-state index contributed by atoms with van der Waals surface area (Å²) in [5.41, 5.74) is 0. The van der Waals surface area contributed by atoms with Gasteiger partial charge in [0.25, 0.3) is 0 Å². The molecule has 2 aliphatic rings. The highest BCUT2D eigenvalue weighted by molar-refractivity contribution is 5.86. The molecule has 0 aliphatic carbocycles. The van der Waals surface area contributed by atoms with Crippen molar-refractivity contribution in [3.63, 3.8) is 0 Å². The fourth-order valence-corrected chi connectivity index (χ4v) is 1.86. The van der Waals surface area contributed by atoms with Gasteiger partial charge in [-0.25, -0.2) is 0 Å². The van der Waals surface area contributed by atoms with Gasteiger partial charge in [-0.1, -0.05) is 0 Å². The topological polar surface area (TPSA) is 33.6 Å². The van der Waals surface area contributed by atoms with Gasteiger partial charge in [-0.2, -0.15) is 13.2 Å². The van der Waals surface area contributed by atoms with Gasteiger partial charge >= 0.3 is 6.18 Å². The van der Waals surface area contributed by atoms with Gasteiger partial charge in [-0.3, -0.25) is 4.99 Å². The van der Waals surface area contributed by atoms with Crippen LogP contribution in [-0.4, -0.2) is 37.8 Å². The molecular formula is C9H13F3N2O. The SMILES string of the molecule is FC(F)(F)C1CN=C(C2CCOCC2)N1. The molecule has 1 unspecified atom stereocenters. The molecule has 86 valence electrons. The molecular weight excluding hydrogens is 209 g/mol. The van der Waals surface area contributed by atoms with Crippen LogP contribution in [0.4, 0.5) is 13.2 Å². The number of halogens is 3. The predicted molar refractivity (Wildman–Crippen MR) is 48.8 cm³/mol.